The molecule has 8 nitrogen and oxygen atoms in total. The van der Waals surface area contributed by atoms with Gasteiger partial charge in [0.05, 0.1) is 0 Å². The monoisotopic (exact) mass is 429 g/mol. The van der Waals surface area contributed by atoms with Crippen LogP contribution in [0, 0.1) is 0 Å². The summed E-state index contributed by atoms with van der Waals surface area (Å²) in [5.74, 6) is -0.821. The van der Waals surface area contributed by atoms with Gasteiger partial charge in [0.15, 0.2) is 0 Å². The van der Waals surface area contributed by atoms with Gasteiger partial charge in [-0.2, -0.15) is 0 Å². The van der Waals surface area contributed by atoms with Crippen LogP contribution >= 0.6 is 0 Å². The van der Waals surface area contributed by atoms with Crippen LogP contribution in [-0.2, 0) is 22.7 Å². The Bertz CT molecular complexity index is 1280. The molecule has 0 aliphatic carbocycles. The highest BCUT2D eigenvalue weighted by Gasteiger charge is 2.39. The van der Waals surface area contributed by atoms with Crippen molar-refractivity contribution in [1.29, 1.82) is 0 Å². The van der Waals surface area contributed by atoms with Gasteiger partial charge in [-0.3, -0.25) is 24.6 Å². The SMILES string of the molecule is O=C1CCC(N2Cc3cc(-c4cc(CN5CCC5)cn5ccnc45)ccc3C2=O)C(=O)N1. The Labute approximate surface area is 184 Å². The van der Waals surface area contributed by atoms with E-state index >= 15 is 0 Å². The molecule has 0 radical (unpaired) electrons. The number of piperidine rings is 1. The van der Waals surface area contributed by atoms with E-state index in [1.54, 1.807) is 11.1 Å². The van der Waals surface area contributed by atoms with Crippen LogP contribution in [0.15, 0.2) is 42.9 Å². The summed E-state index contributed by atoms with van der Waals surface area (Å²) in [6.45, 7) is 3.54. The molecule has 3 aromatic rings. The maximum absolute atomic E-state index is 13.0. The van der Waals surface area contributed by atoms with Crippen molar-refractivity contribution >= 4 is 23.4 Å². The third kappa shape index (κ3) is 3.10. The number of nitrogens with one attached hydrogen (secondary N) is 1. The zero-order valence-electron chi connectivity index (χ0n) is 17.6. The summed E-state index contributed by atoms with van der Waals surface area (Å²) in [5.41, 5.74) is 5.66. The van der Waals surface area contributed by atoms with Crippen molar-refractivity contribution in [2.24, 2.45) is 0 Å². The number of benzene rings is 1. The van der Waals surface area contributed by atoms with Crippen LogP contribution in [0.4, 0.5) is 0 Å². The Kier molecular flexibility index (Phi) is 4.36. The lowest BCUT2D eigenvalue weighted by atomic mass is 9.99. The van der Waals surface area contributed by atoms with E-state index in [0.29, 0.717) is 18.5 Å². The van der Waals surface area contributed by atoms with Gasteiger partial charge in [-0.15, -0.1) is 0 Å². The summed E-state index contributed by atoms with van der Waals surface area (Å²) in [7, 11) is 0. The standard InChI is InChI=1S/C24H23N5O3/c30-21-5-4-20(23(31)26-21)29-14-17-11-16(2-3-18(17)24(29)32)19-10-15(12-27-7-1-8-27)13-28-9-6-25-22(19)28/h2-3,6,9-11,13,20H,1,4-5,7-8,12,14H2,(H,26,30,31). The van der Waals surface area contributed by atoms with E-state index in [4.69, 9.17) is 0 Å². The number of pyridine rings is 1. The Morgan fingerprint density at radius 2 is 1.97 bits per heavy atom. The Balaban J connectivity index is 1.34. The summed E-state index contributed by atoms with van der Waals surface area (Å²) < 4.78 is 2.05. The van der Waals surface area contributed by atoms with E-state index in [0.717, 1.165) is 42.0 Å². The van der Waals surface area contributed by atoms with Crippen LogP contribution in [0.3, 0.4) is 0 Å². The molecule has 32 heavy (non-hydrogen) atoms. The molecule has 2 fully saturated rings. The number of imide groups is 1. The van der Waals surface area contributed by atoms with E-state index in [-0.39, 0.29) is 24.1 Å². The fourth-order valence-corrected chi connectivity index (χ4v) is 4.93. The highest BCUT2D eigenvalue weighted by molar-refractivity contribution is 6.05. The van der Waals surface area contributed by atoms with Gasteiger partial charge in [-0.25, -0.2) is 4.98 Å². The van der Waals surface area contributed by atoms with Crippen LogP contribution in [0.5, 0.6) is 0 Å². The van der Waals surface area contributed by atoms with Gasteiger partial charge in [0.25, 0.3) is 5.91 Å². The summed E-state index contributed by atoms with van der Waals surface area (Å²) in [5, 5.41) is 2.35. The van der Waals surface area contributed by atoms with Gasteiger partial charge in [-0.05, 0) is 60.8 Å². The molecule has 3 aliphatic rings. The average Bonchev–Trinajstić information content (AvgIpc) is 3.34. The largest absolute Gasteiger partial charge is 0.322 e. The van der Waals surface area contributed by atoms with E-state index in [9.17, 15) is 14.4 Å². The summed E-state index contributed by atoms with van der Waals surface area (Å²) >= 11 is 0. The maximum Gasteiger partial charge on any atom is 0.255 e. The number of imidazole rings is 1. The van der Waals surface area contributed by atoms with Gasteiger partial charge in [-0.1, -0.05) is 6.07 Å². The predicted molar refractivity (Wildman–Crippen MR) is 117 cm³/mol. The summed E-state index contributed by atoms with van der Waals surface area (Å²) in [6.07, 6.45) is 7.76. The molecule has 1 N–H and O–H groups in total. The first-order chi connectivity index (χ1) is 15.6. The number of likely N-dealkylation sites (tertiary alicyclic amines) is 1. The lowest BCUT2D eigenvalue weighted by Gasteiger charge is -2.30. The number of aromatic nitrogens is 2. The van der Waals surface area contributed by atoms with Crippen LogP contribution in [0.1, 0.15) is 40.7 Å². The Morgan fingerprint density at radius 1 is 1.09 bits per heavy atom. The fourth-order valence-electron chi connectivity index (χ4n) is 4.93. The molecule has 0 spiro atoms. The van der Waals surface area contributed by atoms with Crippen molar-refractivity contribution in [1.82, 2.24) is 24.5 Å². The van der Waals surface area contributed by atoms with Gasteiger partial charge in [0, 0.05) is 49.2 Å². The van der Waals surface area contributed by atoms with Gasteiger partial charge < -0.3 is 9.30 Å². The van der Waals surface area contributed by atoms with E-state index in [1.165, 1.54) is 12.0 Å². The number of hydrogen-bond acceptors (Lipinski definition) is 5. The van der Waals surface area contributed by atoms with Gasteiger partial charge in [0.1, 0.15) is 11.7 Å². The number of rotatable bonds is 4. The second-order valence-corrected chi connectivity index (χ2v) is 8.82. The zero-order valence-corrected chi connectivity index (χ0v) is 17.6. The molecule has 1 unspecified atom stereocenters. The van der Waals surface area contributed by atoms with E-state index in [1.807, 2.05) is 24.4 Å². The molecule has 0 saturated carbocycles. The Morgan fingerprint density at radius 3 is 2.75 bits per heavy atom. The van der Waals surface area contributed by atoms with Crippen molar-refractivity contribution in [2.75, 3.05) is 13.1 Å². The van der Waals surface area contributed by atoms with Gasteiger partial charge in [0.2, 0.25) is 11.8 Å². The normalized spacial score (nSPS) is 21.1. The first-order valence-corrected chi connectivity index (χ1v) is 11.0. The van der Waals surface area contributed by atoms with Crippen molar-refractivity contribution in [3.05, 3.63) is 59.5 Å². The molecule has 2 saturated heterocycles. The minimum atomic E-state index is -0.602. The highest BCUT2D eigenvalue weighted by atomic mass is 16.2. The minimum Gasteiger partial charge on any atom is -0.322 e. The quantitative estimate of drug-likeness (QED) is 0.641. The number of nitrogens with zero attached hydrogens (tertiary/aromatic N) is 4. The third-order valence-electron chi connectivity index (χ3n) is 6.73. The molecule has 0 bridgehead atoms. The van der Waals surface area contributed by atoms with Crippen molar-refractivity contribution < 1.29 is 14.4 Å². The lowest BCUT2D eigenvalue weighted by molar-refractivity contribution is -0.136. The van der Waals surface area contributed by atoms with E-state index in [2.05, 4.69) is 31.9 Å². The first-order valence-electron chi connectivity index (χ1n) is 11.0. The number of amides is 3. The molecule has 3 amide bonds. The van der Waals surface area contributed by atoms with Gasteiger partial charge >= 0.3 is 0 Å². The molecule has 3 aliphatic heterocycles. The zero-order chi connectivity index (χ0) is 21.8. The highest BCUT2D eigenvalue weighted by Crippen LogP contribution is 2.33. The lowest BCUT2D eigenvalue weighted by Crippen LogP contribution is -2.52. The second kappa shape index (κ2) is 7.27. The first kappa shape index (κ1) is 19.2. The number of carbonyl (C=O) groups excluding carboxylic acids is 3. The molecule has 5 heterocycles. The van der Waals surface area contributed by atoms with Crippen LogP contribution in [0.2, 0.25) is 0 Å². The average molecular weight is 429 g/mol. The molecule has 1 aromatic carbocycles. The number of carbonyl (C=O) groups is 3. The Hall–Kier alpha value is -3.52. The maximum atomic E-state index is 13.0. The van der Waals surface area contributed by atoms with Crippen molar-refractivity contribution in [3.63, 3.8) is 0 Å². The third-order valence-corrected chi connectivity index (χ3v) is 6.73. The molecule has 2 aromatic heterocycles. The second-order valence-electron chi connectivity index (χ2n) is 8.82. The summed E-state index contributed by atoms with van der Waals surface area (Å²) in [4.78, 5) is 45.3. The number of hydrogen-bond donors (Lipinski definition) is 1. The topological polar surface area (TPSA) is 87.0 Å². The summed E-state index contributed by atoms with van der Waals surface area (Å²) in [6, 6.07) is 7.44. The fraction of sp³-hybridized carbons (Fsp3) is 0.333. The van der Waals surface area contributed by atoms with Crippen molar-refractivity contribution in [2.45, 2.75) is 38.4 Å². The van der Waals surface area contributed by atoms with Crippen LogP contribution in [-0.4, -0.2) is 56.0 Å². The smallest absolute Gasteiger partial charge is 0.255 e. The molecular formula is C24H23N5O3. The molecule has 162 valence electrons. The van der Waals surface area contributed by atoms with Crippen molar-refractivity contribution in [3.8, 4) is 11.1 Å². The van der Waals surface area contributed by atoms with Crippen LogP contribution in [0.25, 0.3) is 16.8 Å². The minimum absolute atomic E-state index is 0.154. The predicted octanol–water partition coefficient (Wildman–Crippen LogP) is 1.97. The molecule has 6 rings (SSSR count). The molecular weight excluding hydrogens is 406 g/mol. The van der Waals surface area contributed by atoms with Crippen LogP contribution < -0.4 is 5.32 Å². The van der Waals surface area contributed by atoms with E-state index < -0.39 is 6.04 Å². The molecule has 1 atom stereocenters. The molecule has 8 heteroatoms. The number of fused-ring (bicyclic) bond motifs is 2.